The van der Waals surface area contributed by atoms with Crippen LogP contribution in [-0.2, 0) is 19.2 Å². The van der Waals surface area contributed by atoms with Gasteiger partial charge in [-0.25, -0.2) is 0 Å². The van der Waals surface area contributed by atoms with Gasteiger partial charge in [-0.05, 0) is 43.4 Å². The van der Waals surface area contributed by atoms with E-state index < -0.39 is 30.1 Å². The Kier molecular flexibility index (Phi) is 14.8. The highest BCUT2D eigenvalue weighted by atomic mass is 16.2. The maximum absolute atomic E-state index is 13.1. The minimum absolute atomic E-state index is 0.147. The fraction of sp³-hybridized carbons (Fsp3) is 0.833. The number of aldehydes is 1. The Morgan fingerprint density at radius 2 is 1.19 bits per heavy atom. The van der Waals surface area contributed by atoms with Crippen LogP contribution in [0.15, 0.2) is 0 Å². The summed E-state index contributed by atoms with van der Waals surface area (Å²) in [5.74, 6) is -0.616. The van der Waals surface area contributed by atoms with Crippen molar-refractivity contribution in [3.8, 4) is 0 Å². The molecule has 0 radical (unpaired) electrons. The highest BCUT2D eigenvalue weighted by molar-refractivity contribution is 5.93. The molecule has 8 heteroatoms. The molecular formula is C24H46N4O4. The summed E-state index contributed by atoms with van der Waals surface area (Å²) in [6, 6.07) is -2.85. The van der Waals surface area contributed by atoms with Crippen LogP contribution in [-0.4, -0.2) is 48.2 Å². The van der Waals surface area contributed by atoms with Crippen molar-refractivity contribution < 1.29 is 19.2 Å². The third-order valence-electron chi connectivity index (χ3n) is 5.10. The monoisotopic (exact) mass is 454 g/mol. The second-order valence-electron chi connectivity index (χ2n) is 10.0. The van der Waals surface area contributed by atoms with E-state index in [2.05, 4.69) is 16.0 Å². The fourth-order valence-corrected chi connectivity index (χ4v) is 3.45. The van der Waals surface area contributed by atoms with Crippen LogP contribution in [0.3, 0.4) is 0 Å². The number of amides is 3. The van der Waals surface area contributed by atoms with E-state index in [4.69, 9.17) is 5.73 Å². The smallest absolute Gasteiger partial charge is 0.243 e. The molecule has 0 heterocycles. The first-order chi connectivity index (χ1) is 14.9. The third-order valence-corrected chi connectivity index (χ3v) is 5.10. The van der Waals surface area contributed by atoms with Gasteiger partial charge in [0.1, 0.15) is 18.4 Å². The molecule has 0 saturated carbocycles. The predicted octanol–water partition coefficient (Wildman–Crippen LogP) is 2.30. The highest BCUT2D eigenvalue weighted by Gasteiger charge is 2.30. The van der Waals surface area contributed by atoms with Crippen LogP contribution in [0, 0.1) is 17.8 Å². The number of hydrogen-bond acceptors (Lipinski definition) is 5. The van der Waals surface area contributed by atoms with Gasteiger partial charge >= 0.3 is 0 Å². The summed E-state index contributed by atoms with van der Waals surface area (Å²) in [7, 11) is 0. The van der Waals surface area contributed by atoms with Gasteiger partial charge in [0.05, 0.1) is 12.1 Å². The quantitative estimate of drug-likeness (QED) is 0.266. The van der Waals surface area contributed by atoms with Crippen LogP contribution in [0.2, 0.25) is 0 Å². The zero-order valence-electron chi connectivity index (χ0n) is 21.1. The van der Waals surface area contributed by atoms with Crippen molar-refractivity contribution in [3.05, 3.63) is 0 Å². The summed E-state index contributed by atoms with van der Waals surface area (Å²) >= 11 is 0. The van der Waals surface area contributed by atoms with E-state index in [9.17, 15) is 19.2 Å². The molecule has 0 aliphatic rings. The van der Waals surface area contributed by atoms with Crippen LogP contribution in [0.5, 0.6) is 0 Å². The highest BCUT2D eigenvalue weighted by Crippen LogP contribution is 2.11. The maximum atomic E-state index is 13.1. The Balaban J connectivity index is 5.36. The first-order valence-electron chi connectivity index (χ1n) is 12.0. The minimum atomic E-state index is -0.789. The summed E-state index contributed by atoms with van der Waals surface area (Å²) in [6.07, 6.45) is 4.41. The van der Waals surface area contributed by atoms with Crippen LogP contribution in [0.25, 0.3) is 0 Å². The average molecular weight is 455 g/mol. The number of rotatable bonds is 16. The van der Waals surface area contributed by atoms with E-state index in [1.54, 1.807) is 0 Å². The molecule has 0 unspecified atom stereocenters. The van der Waals surface area contributed by atoms with E-state index in [1.165, 1.54) is 0 Å². The first kappa shape index (κ1) is 30.0. The molecule has 5 N–H and O–H groups in total. The van der Waals surface area contributed by atoms with Crippen LogP contribution in [0.4, 0.5) is 0 Å². The summed E-state index contributed by atoms with van der Waals surface area (Å²) in [4.78, 5) is 49.8. The SMILES string of the molecule is CCCC[C@@H](C=O)NC(=O)[C@H](CC(C)C)NC(=O)[C@H](CC(C)C)NC(=O)[C@@H](N)CC(C)C. The van der Waals surface area contributed by atoms with Crippen LogP contribution >= 0.6 is 0 Å². The van der Waals surface area contributed by atoms with Crippen LogP contribution < -0.4 is 21.7 Å². The van der Waals surface area contributed by atoms with Crippen molar-refractivity contribution in [2.24, 2.45) is 23.5 Å². The molecule has 0 rings (SSSR count). The van der Waals surface area contributed by atoms with Crippen molar-refractivity contribution >= 4 is 24.0 Å². The summed E-state index contributed by atoms with van der Waals surface area (Å²) in [5, 5.41) is 8.31. The van der Waals surface area contributed by atoms with Gasteiger partial charge in [0.25, 0.3) is 0 Å². The molecule has 0 fully saturated rings. The zero-order chi connectivity index (χ0) is 24.8. The predicted molar refractivity (Wildman–Crippen MR) is 128 cm³/mol. The lowest BCUT2D eigenvalue weighted by Gasteiger charge is -2.27. The average Bonchev–Trinajstić information content (AvgIpc) is 2.68. The zero-order valence-corrected chi connectivity index (χ0v) is 21.1. The molecule has 4 atom stereocenters. The molecule has 186 valence electrons. The summed E-state index contributed by atoms with van der Waals surface area (Å²) < 4.78 is 0. The molecule has 0 saturated heterocycles. The lowest BCUT2D eigenvalue weighted by Crippen LogP contribution is -2.57. The normalized spacial score (nSPS) is 15.2. The number of hydrogen-bond donors (Lipinski definition) is 4. The number of carbonyl (C=O) groups is 4. The lowest BCUT2D eigenvalue weighted by molar-refractivity contribution is -0.133. The Bertz CT molecular complexity index is 593. The van der Waals surface area contributed by atoms with Gasteiger partial charge in [0.2, 0.25) is 17.7 Å². The van der Waals surface area contributed by atoms with Gasteiger partial charge in [-0.3, -0.25) is 14.4 Å². The van der Waals surface area contributed by atoms with Crippen molar-refractivity contribution in [2.75, 3.05) is 0 Å². The van der Waals surface area contributed by atoms with Gasteiger partial charge in [-0.2, -0.15) is 0 Å². The fourth-order valence-electron chi connectivity index (χ4n) is 3.45. The molecule has 0 aromatic carbocycles. The van der Waals surface area contributed by atoms with Gasteiger partial charge in [-0.15, -0.1) is 0 Å². The summed E-state index contributed by atoms with van der Waals surface area (Å²) in [6.45, 7) is 13.8. The Labute approximate surface area is 194 Å². The number of carbonyl (C=O) groups excluding carboxylic acids is 4. The molecule has 3 amide bonds. The minimum Gasteiger partial charge on any atom is -0.345 e. The molecule has 0 spiro atoms. The van der Waals surface area contributed by atoms with Gasteiger partial charge in [0, 0.05) is 0 Å². The van der Waals surface area contributed by atoms with Gasteiger partial charge in [0.15, 0.2) is 0 Å². The molecule has 0 aliphatic carbocycles. The van der Waals surface area contributed by atoms with E-state index in [0.29, 0.717) is 25.7 Å². The molecule has 32 heavy (non-hydrogen) atoms. The topological polar surface area (TPSA) is 130 Å². The number of unbranched alkanes of at least 4 members (excludes halogenated alkanes) is 1. The van der Waals surface area contributed by atoms with Crippen molar-refractivity contribution in [2.45, 2.75) is 111 Å². The Morgan fingerprint density at radius 1 is 0.750 bits per heavy atom. The van der Waals surface area contributed by atoms with E-state index >= 15 is 0 Å². The van der Waals surface area contributed by atoms with Gasteiger partial charge < -0.3 is 26.5 Å². The van der Waals surface area contributed by atoms with Crippen LogP contribution in [0.1, 0.15) is 87.0 Å². The maximum Gasteiger partial charge on any atom is 0.243 e. The molecule has 0 aromatic heterocycles. The van der Waals surface area contributed by atoms with E-state index in [-0.39, 0.29) is 29.6 Å². The molecule has 0 bridgehead atoms. The standard InChI is InChI=1S/C24H46N4O4/c1-8-9-10-18(14-29)26-23(31)20(12-16(4)5)28-24(32)21(13-17(6)7)27-22(30)19(25)11-15(2)3/h14-21H,8-13,25H2,1-7H3,(H,26,31)(H,27,30)(H,28,32)/t18-,19-,20-,21-/m0/s1. The van der Waals surface area contributed by atoms with E-state index in [1.807, 2.05) is 48.5 Å². The second kappa shape index (κ2) is 15.8. The molecule has 0 aromatic rings. The van der Waals surface area contributed by atoms with Crippen molar-refractivity contribution in [1.82, 2.24) is 16.0 Å². The third kappa shape index (κ3) is 12.8. The Hall–Kier alpha value is -1.96. The number of nitrogens with one attached hydrogen (secondary N) is 3. The second-order valence-corrected chi connectivity index (χ2v) is 10.0. The van der Waals surface area contributed by atoms with Crippen molar-refractivity contribution in [1.29, 1.82) is 0 Å². The largest absolute Gasteiger partial charge is 0.345 e. The number of nitrogens with two attached hydrogens (primary N) is 1. The first-order valence-corrected chi connectivity index (χ1v) is 12.0. The lowest BCUT2D eigenvalue weighted by atomic mass is 9.99. The molecule has 0 aliphatic heterocycles. The van der Waals surface area contributed by atoms with Crippen molar-refractivity contribution in [3.63, 3.8) is 0 Å². The molecule has 8 nitrogen and oxygen atoms in total. The molecular weight excluding hydrogens is 408 g/mol. The van der Waals surface area contributed by atoms with Gasteiger partial charge in [-0.1, -0.05) is 61.3 Å². The summed E-state index contributed by atoms with van der Waals surface area (Å²) in [5.41, 5.74) is 5.98. The Morgan fingerprint density at radius 3 is 1.59 bits per heavy atom. The van der Waals surface area contributed by atoms with E-state index in [0.717, 1.165) is 19.1 Å².